The van der Waals surface area contributed by atoms with Gasteiger partial charge < -0.3 is 15.3 Å². The second-order valence-corrected chi connectivity index (χ2v) is 2.75. The van der Waals surface area contributed by atoms with Crippen molar-refractivity contribution < 1.29 is 20.1 Å². The highest BCUT2D eigenvalue weighted by atomic mass is 16.4. The quantitative estimate of drug-likeness (QED) is 0.632. The van der Waals surface area contributed by atoms with E-state index in [4.69, 9.17) is 10.2 Å². The number of phenolic OH excluding ortho intramolecular Hbond substituents is 1. The molecule has 0 radical (unpaired) electrons. The third-order valence-corrected chi connectivity index (χ3v) is 1.80. The summed E-state index contributed by atoms with van der Waals surface area (Å²) in [5, 5.41) is 27.0. The summed E-state index contributed by atoms with van der Waals surface area (Å²) in [7, 11) is 0. The summed E-state index contributed by atoms with van der Waals surface area (Å²) >= 11 is 0. The van der Waals surface area contributed by atoms with Gasteiger partial charge in [-0.1, -0.05) is 18.2 Å². The van der Waals surface area contributed by atoms with Gasteiger partial charge in [-0.25, -0.2) is 4.79 Å². The fourth-order valence-electron chi connectivity index (χ4n) is 1.04. The fraction of sp³-hybridized carbons (Fsp3) is 0.222. The molecule has 0 aromatic heterocycles. The number of aryl methyl sites for hydroxylation is 1. The maximum absolute atomic E-state index is 10.4. The standard InChI is InChI=1S/C9H10O4/c1-5-3-2-4-6(7(5)10)8(11)9(12)13/h2-4,8,10-11H,1H3,(H,12,13). The number of benzene rings is 1. The number of aliphatic hydroxyl groups excluding tert-OH is 1. The SMILES string of the molecule is Cc1cccc(C(O)C(=O)O)c1O. The minimum absolute atomic E-state index is 0.0208. The number of hydrogen-bond acceptors (Lipinski definition) is 3. The Morgan fingerprint density at radius 3 is 2.62 bits per heavy atom. The van der Waals surface area contributed by atoms with E-state index < -0.39 is 12.1 Å². The molecule has 0 heterocycles. The zero-order chi connectivity index (χ0) is 10.0. The van der Waals surface area contributed by atoms with Crippen LogP contribution in [0.2, 0.25) is 0 Å². The van der Waals surface area contributed by atoms with Crippen molar-refractivity contribution in [2.45, 2.75) is 13.0 Å². The molecule has 0 aliphatic heterocycles. The molecule has 0 amide bonds. The smallest absolute Gasteiger partial charge is 0.337 e. The molecule has 4 nitrogen and oxygen atoms in total. The van der Waals surface area contributed by atoms with Crippen LogP contribution in [0.5, 0.6) is 5.75 Å². The first-order chi connectivity index (χ1) is 6.04. The van der Waals surface area contributed by atoms with Crippen molar-refractivity contribution in [1.82, 2.24) is 0 Å². The summed E-state index contributed by atoms with van der Waals surface area (Å²) in [5.41, 5.74) is 0.560. The Balaban J connectivity index is 3.15. The van der Waals surface area contributed by atoms with E-state index >= 15 is 0 Å². The third kappa shape index (κ3) is 1.78. The molecule has 4 heteroatoms. The molecule has 0 aliphatic carbocycles. The Kier molecular flexibility index (Phi) is 2.53. The number of carboxylic acids is 1. The summed E-state index contributed by atoms with van der Waals surface area (Å²) in [6.45, 7) is 1.63. The summed E-state index contributed by atoms with van der Waals surface area (Å²) < 4.78 is 0. The van der Waals surface area contributed by atoms with Gasteiger partial charge in [0.15, 0.2) is 6.10 Å². The van der Waals surface area contributed by atoms with E-state index in [-0.39, 0.29) is 11.3 Å². The predicted molar refractivity (Wildman–Crippen MR) is 45.4 cm³/mol. The van der Waals surface area contributed by atoms with Crippen molar-refractivity contribution in [3.63, 3.8) is 0 Å². The van der Waals surface area contributed by atoms with Crippen LogP contribution in [0.1, 0.15) is 17.2 Å². The van der Waals surface area contributed by atoms with Crippen molar-refractivity contribution >= 4 is 5.97 Å². The summed E-state index contributed by atoms with van der Waals surface area (Å²) in [4.78, 5) is 10.4. The molecule has 1 atom stereocenters. The van der Waals surface area contributed by atoms with Crippen LogP contribution in [0.4, 0.5) is 0 Å². The van der Waals surface area contributed by atoms with E-state index in [0.29, 0.717) is 5.56 Å². The average molecular weight is 182 g/mol. The zero-order valence-electron chi connectivity index (χ0n) is 7.06. The Bertz CT molecular complexity index is 332. The second kappa shape index (κ2) is 3.45. The van der Waals surface area contributed by atoms with Gasteiger partial charge in [-0.15, -0.1) is 0 Å². The van der Waals surface area contributed by atoms with Crippen LogP contribution in [0, 0.1) is 6.92 Å². The van der Waals surface area contributed by atoms with E-state index in [2.05, 4.69) is 0 Å². The van der Waals surface area contributed by atoms with E-state index in [1.54, 1.807) is 19.1 Å². The number of para-hydroxylation sites is 1. The lowest BCUT2D eigenvalue weighted by molar-refractivity contribution is -0.147. The number of aliphatic hydroxyl groups is 1. The Hall–Kier alpha value is -1.55. The minimum Gasteiger partial charge on any atom is -0.507 e. The molecule has 0 saturated carbocycles. The summed E-state index contributed by atoms with van der Waals surface area (Å²) in [5.74, 6) is -1.54. The van der Waals surface area contributed by atoms with Gasteiger partial charge >= 0.3 is 5.97 Å². The lowest BCUT2D eigenvalue weighted by Crippen LogP contribution is -2.10. The van der Waals surface area contributed by atoms with Crippen LogP contribution in [-0.4, -0.2) is 21.3 Å². The molecule has 1 aromatic carbocycles. The predicted octanol–water partition coefficient (Wildman–Crippen LogP) is 0.819. The largest absolute Gasteiger partial charge is 0.507 e. The molecule has 1 aromatic rings. The van der Waals surface area contributed by atoms with E-state index in [9.17, 15) is 9.90 Å². The first-order valence-corrected chi connectivity index (χ1v) is 3.73. The topological polar surface area (TPSA) is 77.8 Å². The normalized spacial score (nSPS) is 12.5. The first kappa shape index (κ1) is 9.54. The number of carboxylic acid groups (broad SMARTS) is 1. The van der Waals surface area contributed by atoms with Crippen LogP contribution in [0.15, 0.2) is 18.2 Å². The Morgan fingerprint density at radius 2 is 2.08 bits per heavy atom. The van der Waals surface area contributed by atoms with Crippen LogP contribution in [0.25, 0.3) is 0 Å². The van der Waals surface area contributed by atoms with Gasteiger partial charge in [0, 0.05) is 5.56 Å². The molecule has 0 aliphatic rings. The second-order valence-electron chi connectivity index (χ2n) is 2.75. The van der Waals surface area contributed by atoms with Gasteiger partial charge in [0.1, 0.15) is 5.75 Å². The van der Waals surface area contributed by atoms with Gasteiger partial charge in [0.25, 0.3) is 0 Å². The average Bonchev–Trinajstić information content (AvgIpc) is 2.08. The molecular weight excluding hydrogens is 172 g/mol. The molecule has 0 fully saturated rings. The Labute approximate surface area is 75.1 Å². The monoisotopic (exact) mass is 182 g/mol. The molecule has 13 heavy (non-hydrogen) atoms. The molecule has 0 bridgehead atoms. The van der Waals surface area contributed by atoms with Crippen LogP contribution < -0.4 is 0 Å². The molecule has 0 spiro atoms. The number of aromatic hydroxyl groups is 1. The highest BCUT2D eigenvalue weighted by molar-refractivity contribution is 5.75. The van der Waals surface area contributed by atoms with Gasteiger partial charge in [-0.05, 0) is 12.5 Å². The minimum atomic E-state index is -1.67. The number of phenols is 1. The molecule has 70 valence electrons. The van der Waals surface area contributed by atoms with Crippen molar-refractivity contribution in [3.8, 4) is 5.75 Å². The maximum atomic E-state index is 10.4. The molecule has 1 rings (SSSR count). The van der Waals surface area contributed by atoms with Gasteiger partial charge in [-0.3, -0.25) is 0 Å². The highest BCUT2D eigenvalue weighted by Crippen LogP contribution is 2.27. The van der Waals surface area contributed by atoms with Crippen molar-refractivity contribution in [2.24, 2.45) is 0 Å². The fourth-order valence-corrected chi connectivity index (χ4v) is 1.04. The van der Waals surface area contributed by atoms with Gasteiger partial charge in [0.05, 0.1) is 0 Å². The number of aliphatic carboxylic acids is 1. The lowest BCUT2D eigenvalue weighted by atomic mass is 10.1. The van der Waals surface area contributed by atoms with Crippen LogP contribution in [-0.2, 0) is 4.79 Å². The van der Waals surface area contributed by atoms with Crippen LogP contribution in [0.3, 0.4) is 0 Å². The Morgan fingerprint density at radius 1 is 1.46 bits per heavy atom. The van der Waals surface area contributed by atoms with E-state index in [1.165, 1.54) is 6.07 Å². The molecule has 3 N–H and O–H groups in total. The van der Waals surface area contributed by atoms with Crippen molar-refractivity contribution in [1.29, 1.82) is 0 Å². The van der Waals surface area contributed by atoms with E-state index in [1.807, 2.05) is 0 Å². The molecule has 1 unspecified atom stereocenters. The number of carbonyl (C=O) groups is 1. The summed E-state index contributed by atoms with van der Waals surface area (Å²) in [6, 6.07) is 4.59. The van der Waals surface area contributed by atoms with Crippen LogP contribution >= 0.6 is 0 Å². The van der Waals surface area contributed by atoms with Crippen molar-refractivity contribution in [3.05, 3.63) is 29.3 Å². The number of hydrogen-bond donors (Lipinski definition) is 3. The third-order valence-electron chi connectivity index (χ3n) is 1.80. The lowest BCUT2D eigenvalue weighted by Gasteiger charge is -2.09. The summed E-state index contributed by atoms with van der Waals surface area (Å²) in [6.07, 6.45) is -1.67. The first-order valence-electron chi connectivity index (χ1n) is 3.73. The van der Waals surface area contributed by atoms with Gasteiger partial charge in [-0.2, -0.15) is 0 Å². The molecule has 0 saturated heterocycles. The highest BCUT2D eigenvalue weighted by Gasteiger charge is 2.19. The van der Waals surface area contributed by atoms with Gasteiger partial charge in [0.2, 0.25) is 0 Å². The zero-order valence-corrected chi connectivity index (χ0v) is 7.06. The van der Waals surface area contributed by atoms with E-state index in [0.717, 1.165) is 0 Å². The number of rotatable bonds is 2. The molecular formula is C9H10O4. The van der Waals surface area contributed by atoms with Crippen molar-refractivity contribution in [2.75, 3.05) is 0 Å². The maximum Gasteiger partial charge on any atom is 0.337 e.